The summed E-state index contributed by atoms with van der Waals surface area (Å²) < 4.78 is 23.5. The summed E-state index contributed by atoms with van der Waals surface area (Å²) >= 11 is 0. The predicted molar refractivity (Wildman–Crippen MR) is 85.0 cm³/mol. The highest BCUT2D eigenvalue weighted by Crippen LogP contribution is 2.48. The maximum absolute atomic E-state index is 6.14. The molecule has 0 spiro atoms. The van der Waals surface area contributed by atoms with Crippen molar-refractivity contribution < 1.29 is 18.9 Å². The molecule has 3 rings (SSSR count). The fourth-order valence-corrected chi connectivity index (χ4v) is 4.57. The van der Waals surface area contributed by atoms with E-state index < -0.39 is 0 Å². The van der Waals surface area contributed by atoms with Crippen LogP contribution in [0.2, 0.25) is 0 Å². The Kier molecular flexibility index (Phi) is 4.84. The van der Waals surface area contributed by atoms with Crippen molar-refractivity contribution in [3.8, 4) is 0 Å². The van der Waals surface area contributed by atoms with Crippen molar-refractivity contribution in [2.24, 2.45) is 11.8 Å². The minimum Gasteiger partial charge on any atom is -0.372 e. The molecule has 0 amide bonds. The third kappa shape index (κ3) is 3.08. The van der Waals surface area contributed by atoms with Gasteiger partial charge in [0.15, 0.2) is 0 Å². The monoisotopic (exact) mass is 312 g/mol. The summed E-state index contributed by atoms with van der Waals surface area (Å²) in [4.78, 5) is 0. The van der Waals surface area contributed by atoms with Crippen molar-refractivity contribution in [3.05, 3.63) is 0 Å². The molecule has 4 unspecified atom stereocenters. The molecule has 22 heavy (non-hydrogen) atoms. The zero-order valence-electron chi connectivity index (χ0n) is 14.6. The Hall–Kier alpha value is -0.160. The van der Waals surface area contributed by atoms with E-state index in [1.807, 2.05) is 0 Å². The molecule has 1 aliphatic carbocycles. The molecule has 0 radical (unpaired) electrons. The van der Waals surface area contributed by atoms with E-state index in [4.69, 9.17) is 18.9 Å². The van der Waals surface area contributed by atoms with Crippen molar-refractivity contribution in [1.29, 1.82) is 0 Å². The van der Waals surface area contributed by atoms with Crippen LogP contribution in [0, 0.1) is 11.8 Å². The van der Waals surface area contributed by atoms with Gasteiger partial charge in [0.25, 0.3) is 0 Å². The highest BCUT2D eigenvalue weighted by Gasteiger charge is 2.54. The molecule has 0 bridgehead atoms. The van der Waals surface area contributed by atoms with E-state index in [0.29, 0.717) is 24.0 Å². The lowest BCUT2D eigenvalue weighted by molar-refractivity contribution is -0.126. The second-order valence-electron chi connectivity index (χ2n) is 7.43. The van der Waals surface area contributed by atoms with Gasteiger partial charge in [-0.05, 0) is 65.2 Å². The molecule has 2 saturated heterocycles. The smallest absolute Gasteiger partial charge is 0.110 e. The number of rotatable bonds is 8. The third-order valence-corrected chi connectivity index (χ3v) is 6.20. The Morgan fingerprint density at radius 2 is 1.09 bits per heavy atom. The van der Waals surface area contributed by atoms with Gasteiger partial charge in [-0.1, -0.05) is 0 Å². The average Bonchev–Trinajstić information content (AvgIpc) is 3.40. The molecule has 2 aliphatic heterocycles. The van der Waals surface area contributed by atoms with E-state index in [2.05, 4.69) is 27.7 Å². The molecule has 2 heterocycles. The van der Waals surface area contributed by atoms with Crippen LogP contribution >= 0.6 is 0 Å². The van der Waals surface area contributed by atoms with Gasteiger partial charge in [-0.15, -0.1) is 0 Å². The molecule has 0 N–H and O–H groups in total. The summed E-state index contributed by atoms with van der Waals surface area (Å²) in [5, 5.41) is 0. The molecule has 4 nitrogen and oxygen atoms in total. The summed E-state index contributed by atoms with van der Waals surface area (Å²) in [5.41, 5.74) is -0.199. The molecule has 4 atom stereocenters. The van der Waals surface area contributed by atoms with Gasteiger partial charge < -0.3 is 18.9 Å². The molecule has 128 valence electrons. The van der Waals surface area contributed by atoms with Gasteiger partial charge in [-0.3, -0.25) is 0 Å². The van der Waals surface area contributed by atoms with Crippen LogP contribution in [0.5, 0.6) is 0 Å². The number of hydrogen-bond acceptors (Lipinski definition) is 4. The Balaban J connectivity index is 1.61. The van der Waals surface area contributed by atoms with Crippen molar-refractivity contribution in [3.63, 3.8) is 0 Å². The van der Waals surface area contributed by atoms with E-state index in [-0.39, 0.29) is 11.2 Å². The molecule has 3 aliphatic rings. The quantitative estimate of drug-likeness (QED) is 0.646. The Bertz CT molecular complexity index is 335. The lowest BCUT2D eigenvalue weighted by Crippen LogP contribution is -2.49. The van der Waals surface area contributed by atoms with Crippen LogP contribution in [-0.2, 0) is 18.9 Å². The van der Waals surface area contributed by atoms with Crippen LogP contribution in [0.15, 0.2) is 0 Å². The highest BCUT2D eigenvalue weighted by atomic mass is 16.6. The fraction of sp³-hybridized carbons (Fsp3) is 1.00. The second kappa shape index (κ2) is 6.39. The first-order chi connectivity index (χ1) is 10.5. The normalized spacial score (nSPS) is 39.8. The van der Waals surface area contributed by atoms with E-state index in [1.54, 1.807) is 0 Å². The van der Waals surface area contributed by atoms with Crippen LogP contribution in [0.3, 0.4) is 0 Å². The van der Waals surface area contributed by atoms with Gasteiger partial charge in [0.05, 0.1) is 24.4 Å². The van der Waals surface area contributed by atoms with Gasteiger partial charge >= 0.3 is 0 Å². The largest absolute Gasteiger partial charge is 0.372 e. The summed E-state index contributed by atoms with van der Waals surface area (Å²) in [7, 11) is 0. The Morgan fingerprint density at radius 3 is 1.32 bits per heavy atom. The van der Waals surface area contributed by atoms with Gasteiger partial charge in [-0.25, -0.2) is 0 Å². The Labute approximate surface area is 134 Å². The van der Waals surface area contributed by atoms with Gasteiger partial charge in [0.2, 0.25) is 0 Å². The molecular weight excluding hydrogens is 280 g/mol. The molecule has 0 aromatic rings. The van der Waals surface area contributed by atoms with Crippen LogP contribution < -0.4 is 0 Å². The van der Waals surface area contributed by atoms with Crippen LogP contribution in [-0.4, -0.2) is 49.8 Å². The van der Waals surface area contributed by atoms with Gasteiger partial charge in [0, 0.05) is 13.2 Å². The van der Waals surface area contributed by atoms with Crippen molar-refractivity contribution in [1.82, 2.24) is 0 Å². The zero-order chi connectivity index (χ0) is 15.8. The van der Waals surface area contributed by atoms with E-state index in [9.17, 15) is 0 Å². The predicted octanol–water partition coefficient (Wildman–Crippen LogP) is 3.18. The van der Waals surface area contributed by atoms with Crippen LogP contribution in [0.1, 0.15) is 53.4 Å². The molecule has 3 fully saturated rings. The van der Waals surface area contributed by atoms with E-state index in [0.717, 1.165) is 26.4 Å². The standard InChI is InChI=1S/C18H32O4/c1-5-21-17(3,15-11-19-15)13-7-9-14(10-8-13)18(4,22-6-2)16-12-20-16/h13-16H,5-12H2,1-4H3. The third-order valence-electron chi connectivity index (χ3n) is 6.20. The minimum atomic E-state index is -0.0994. The summed E-state index contributed by atoms with van der Waals surface area (Å²) in [6.45, 7) is 11.9. The summed E-state index contributed by atoms with van der Waals surface area (Å²) in [5.74, 6) is 1.20. The minimum absolute atomic E-state index is 0.0994. The highest BCUT2D eigenvalue weighted by molar-refractivity contribution is 5.03. The number of ether oxygens (including phenoxy) is 4. The van der Waals surface area contributed by atoms with E-state index in [1.165, 1.54) is 25.7 Å². The molecule has 0 aromatic heterocycles. The maximum Gasteiger partial charge on any atom is 0.110 e. The fourth-order valence-electron chi connectivity index (χ4n) is 4.57. The molecule has 1 saturated carbocycles. The molecule has 4 heteroatoms. The average molecular weight is 312 g/mol. The molecular formula is C18H32O4. The van der Waals surface area contributed by atoms with Crippen molar-refractivity contribution in [2.75, 3.05) is 26.4 Å². The first-order valence-corrected chi connectivity index (χ1v) is 9.05. The van der Waals surface area contributed by atoms with E-state index >= 15 is 0 Å². The van der Waals surface area contributed by atoms with Crippen molar-refractivity contribution in [2.45, 2.75) is 76.8 Å². The summed E-state index contributed by atoms with van der Waals surface area (Å²) in [6.07, 6.45) is 5.43. The lowest BCUT2D eigenvalue weighted by Gasteiger charge is -2.45. The number of hydrogen-bond donors (Lipinski definition) is 0. The topological polar surface area (TPSA) is 43.5 Å². The number of epoxide rings is 2. The molecule has 0 aromatic carbocycles. The Morgan fingerprint density at radius 1 is 0.773 bits per heavy atom. The van der Waals surface area contributed by atoms with Crippen LogP contribution in [0.25, 0.3) is 0 Å². The van der Waals surface area contributed by atoms with Crippen molar-refractivity contribution >= 4 is 0 Å². The zero-order valence-corrected chi connectivity index (χ0v) is 14.6. The second-order valence-corrected chi connectivity index (χ2v) is 7.43. The van der Waals surface area contributed by atoms with Gasteiger partial charge in [-0.2, -0.15) is 0 Å². The SMILES string of the molecule is CCOC(C)(C1CCC(C(C)(OCC)C2CO2)CC1)C1CO1. The first-order valence-electron chi connectivity index (χ1n) is 9.05. The maximum atomic E-state index is 6.14. The summed E-state index contributed by atoms with van der Waals surface area (Å²) in [6, 6.07) is 0. The lowest BCUT2D eigenvalue weighted by atomic mass is 9.68. The van der Waals surface area contributed by atoms with Gasteiger partial charge in [0.1, 0.15) is 12.2 Å². The van der Waals surface area contributed by atoms with Crippen LogP contribution in [0.4, 0.5) is 0 Å². The first kappa shape index (κ1) is 16.7.